The Bertz CT molecular complexity index is 451. The Morgan fingerprint density at radius 1 is 1.28 bits per heavy atom. The maximum absolute atomic E-state index is 12.2. The summed E-state index contributed by atoms with van der Waals surface area (Å²) in [5.74, 6) is -0.198. The molecule has 96 valence electrons. The molecule has 1 aliphatic heterocycles. The molecule has 1 aromatic rings. The number of carbonyl (C=O) groups excluding carboxylic acids is 1. The zero-order chi connectivity index (χ0) is 12.5. The van der Waals surface area contributed by atoms with E-state index in [1.54, 1.807) is 11.0 Å². The largest absolute Gasteiger partial charge is 0.505 e. The number of piperazine rings is 1. The Morgan fingerprint density at radius 3 is 2.61 bits per heavy atom. The first-order valence-corrected chi connectivity index (χ1v) is 6.43. The van der Waals surface area contributed by atoms with E-state index in [4.69, 9.17) is 0 Å². The van der Waals surface area contributed by atoms with Crippen molar-refractivity contribution in [1.82, 2.24) is 14.8 Å². The molecule has 1 amide bonds. The molecule has 2 fully saturated rings. The number of pyridine rings is 1. The second kappa shape index (κ2) is 4.57. The molecule has 0 bridgehead atoms. The van der Waals surface area contributed by atoms with E-state index in [2.05, 4.69) is 9.88 Å². The van der Waals surface area contributed by atoms with Crippen LogP contribution in [0, 0.1) is 0 Å². The van der Waals surface area contributed by atoms with Crippen molar-refractivity contribution in [3.63, 3.8) is 0 Å². The Balaban J connectivity index is 1.65. The Hall–Kier alpha value is -1.62. The van der Waals surface area contributed by atoms with Gasteiger partial charge in [-0.2, -0.15) is 0 Å². The van der Waals surface area contributed by atoms with Crippen LogP contribution in [-0.4, -0.2) is 58.0 Å². The molecular weight excluding hydrogens is 230 g/mol. The first-order valence-electron chi connectivity index (χ1n) is 6.43. The van der Waals surface area contributed by atoms with Crippen molar-refractivity contribution in [3.05, 3.63) is 24.0 Å². The zero-order valence-electron chi connectivity index (χ0n) is 10.2. The van der Waals surface area contributed by atoms with Crippen LogP contribution in [0.3, 0.4) is 0 Å². The van der Waals surface area contributed by atoms with Gasteiger partial charge in [-0.3, -0.25) is 9.69 Å². The van der Waals surface area contributed by atoms with Crippen molar-refractivity contribution in [2.45, 2.75) is 18.9 Å². The Kier molecular flexibility index (Phi) is 2.91. The van der Waals surface area contributed by atoms with Crippen LogP contribution in [0.25, 0.3) is 0 Å². The molecule has 2 aliphatic rings. The first kappa shape index (κ1) is 11.5. The average Bonchev–Trinajstić information content (AvgIpc) is 3.23. The fourth-order valence-electron chi connectivity index (χ4n) is 2.44. The van der Waals surface area contributed by atoms with Gasteiger partial charge in [-0.1, -0.05) is 0 Å². The van der Waals surface area contributed by atoms with Crippen LogP contribution in [0.1, 0.15) is 23.3 Å². The predicted octanol–water partition coefficient (Wildman–Crippen LogP) is 0.707. The third kappa shape index (κ3) is 2.18. The summed E-state index contributed by atoms with van der Waals surface area (Å²) in [5, 5.41) is 9.64. The predicted molar refractivity (Wildman–Crippen MR) is 66.4 cm³/mol. The molecule has 1 aliphatic carbocycles. The highest BCUT2D eigenvalue weighted by Crippen LogP contribution is 2.27. The lowest BCUT2D eigenvalue weighted by Gasteiger charge is -2.34. The molecule has 2 heterocycles. The number of aromatic hydroxyl groups is 1. The van der Waals surface area contributed by atoms with Crippen molar-refractivity contribution in [2.24, 2.45) is 0 Å². The van der Waals surface area contributed by atoms with Crippen LogP contribution < -0.4 is 0 Å². The fourth-order valence-corrected chi connectivity index (χ4v) is 2.44. The van der Waals surface area contributed by atoms with Gasteiger partial charge in [0.25, 0.3) is 5.91 Å². The Morgan fingerprint density at radius 2 is 2.00 bits per heavy atom. The summed E-state index contributed by atoms with van der Waals surface area (Å²) < 4.78 is 0. The number of hydrogen-bond donors (Lipinski definition) is 1. The van der Waals surface area contributed by atoms with Crippen molar-refractivity contribution in [3.8, 4) is 5.75 Å². The van der Waals surface area contributed by atoms with Gasteiger partial charge in [-0.25, -0.2) is 4.98 Å². The minimum Gasteiger partial charge on any atom is -0.505 e. The lowest BCUT2D eigenvalue weighted by molar-refractivity contribution is 0.0618. The van der Waals surface area contributed by atoms with E-state index >= 15 is 0 Å². The van der Waals surface area contributed by atoms with Crippen molar-refractivity contribution >= 4 is 5.91 Å². The van der Waals surface area contributed by atoms with E-state index in [9.17, 15) is 9.90 Å². The topological polar surface area (TPSA) is 56.7 Å². The average molecular weight is 247 g/mol. The van der Waals surface area contributed by atoms with E-state index < -0.39 is 0 Å². The molecule has 1 saturated heterocycles. The van der Waals surface area contributed by atoms with E-state index in [1.165, 1.54) is 25.1 Å². The molecule has 1 N–H and O–H groups in total. The summed E-state index contributed by atoms with van der Waals surface area (Å²) in [5.41, 5.74) is 0.164. The van der Waals surface area contributed by atoms with Gasteiger partial charge in [0.1, 0.15) is 5.75 Å². The van der Waals surface area contributed by atoms with E-state index in [0.29, 0.717) is 0 Å². The van der Waals surface area contributed by atoms with Gasteiger partial charge >= 0.3 is 0 Å². The molecule has 0 unspecified atom stereocenters. The van der Waals surface area contributed by atoms with E-state index in [1.807, 2.05) is 0 Å². The summed E-state index contributed by atoms with van der Waals surface area (Å²) in [6.07, 6.45) is 4.14. The monoisotopic (exact) mass is 247 g/mol. The molecule has 18 heavy (non-hydrogen) atoms. The second-order valence-corrected chi connectivity index (χ2v) is 4.93. The number of hydrogen-bond acceptors (Lipinski definition) is 4. The summed E-state index contributed by atoms with van der Waals surface area (Å²) in [6.45, 7) is 3.32. The smallest absolute Gasteiger partial charge is 0.276 e. The van der Waals surface area contributed by atoms with Crippen molar-refractivity contribution < 1.29 is 9.90 Å². The van der Waals surface area contributed by atoms with Crippen molar-refractivity contribution in [2.75, 3.05) is 26.2 Å². The van der Waals surface area contributed by atoms with Crippen LogP contribution in [0.2, 0.25) is 0 Å². The maximum atomic E-state index is 12.2. The van der Waals surface area contributed by atoms with Gasteiger partial charge < -0.3 is 10.0 Å². The number of carbonyl (C=O) groups is 1. The van der Waals surface area contributed by atoms with E-state index in [0.717, 1.165) is 32.2 Å². The van der Waals surface area contributed by atoms with Gasteiger partial charge in [0.15, 0.2) is 5.69 Å². The second-order valence-electron chi connectivity index (χ2n) is 4.93. The lowest BCUT2D eigenvalue weighted by atomic mass is 10.2. The van der Waals surface area contributed by atoms with Gasteiger partial charge in [0, 0.05) is 38.4 Å². The number of rotatable bonds is 2. The quantitative estimate of drug-likeness (QED) is 0.836. The molecule has 0 spiro atoms. The third-order valence-electron chi connectivity index (χ3n) is 3.65. The molecular formula is C13H17N3O2. The summed E-state index contributed by atoms with van der Waals surface area (Å²) in [7, 11) is 0. The summed E-state index contributed by atoms with van der Waals surface area (Å²) >= 11 is 0. The van der Waals surface area contributed by atoms with Crippen LogP contribution in [0.4, 0.5) is 0 Å². The highest BCUT2D eigenvalue weighted by Gasteiger charge is 2.33. The van der Waals surface area contributed by atoms with Gasteiger partial charge in [-0.15, -0.1) is 0 Å². The standard InChI is InChI=1S/C13H17N3O2/c17-11-2-1-5-14-12(11)13(18)16-8-6-15(7-9-16)10-3-4-10/h1-2,5,10,17H,3-4,6-9H2. The summed E-state index contributed by atoms with van der Waals surface area (Å²) in [4.78, 5) is 20.4. The molecule has 0 aromatic carbocycles. The molecule has 1 aromatic heterocycles. The van der Waals surface area contributed by atoms with Gasteiger partial charge in [0.05, 0.1) is 0 Å². The maximum Gasteiger partial charge on any atom is 0.276 e. The SMILES string of the molecule is O=C(c1ncccc1O)N1CCN(C2CC2)CC1. The molecule has 1 saturated carbocycles. The molecule has 3 rings (SSSR count). The number of aromatic nitrogens is 1. The molecule has 0 atom stereocenters. The fraction of sp³-hybridized carbons (Fsp3) is 0.538. The zero-order valence-corrected chi connectivity index (χ0v) is 10.2. The van der Waals surface area contributed by atoms with Crippen LogP contribution in [-0.2, 0) is 0 Å². The minimum absolute atomic E-state index is 0.0351. The number of amides is 1. The van der Waals surface area contributed by atoms with Crippen LogP contribution in [0.15, 0.2) is 18.3 Å². The highest BCUT2D eigenvalue weighted by molar-refractivity contribution is 5.94. The Labute approximate surface area is 106 Å². The molecule has 5 nitrogen and oxygen atoms in total. The van der Waals surface area contributed by atoms with Crippen LogP contribution >= 0.6 is 0 Å². The third-order valence-corrected chi connectivity index (χ3v) is 3.65. The minimum atomic E-state index is -0.163. The normalized spacial score (nSPS) is 21.0. The highest BCUT2D eigenvalue weighted by atomic mass is 16.3. The molecule has 0 radical (unpaired) electrons. The van der Waals surface area contributed by atoms with Gasteiger partial charge in [-0.05, 0) is 25.0 Å². The van der Waals surface area contributed by atoms with Gasteiger partial charge in [0.2, 0.25) is 0 Å². The van der Waals surface area contributed by atoms with E-state index in [-0.39, 0.29) is 17.4 Å². The lowest BCUT2D eigenvalue weighted by Crippen LogP contribution is -2.49. The molecule has 5 heteroatoms. The number of nitrogens with zero attached hydrogens (tertiary/aromatic N) is 3. The summed E-state index contributed by atoms with van der Waals surface area (Å²) in [6, 6.07) is 3.88. The first-order chi connectivity index (χ1) is 8.75. The van der Waals surface area contributed by atoms with Crippen molar-refractivity contribution in [1.29, 1.82) is 0 Å². The van der Waals surface area contributed by atoms with Crippen LogP contribution in [0.5, 0.6) is 5.75 Å².